The number of carbonyl (C=O) groups excluding carboxylic acids is 1. The molecule has 1 amide bonds. The van der Waals surface area contributed by atoms with Crippen LogP contribution in [0.15, 0.2) is 63.7 Å². The van der Waals surface area contributed by atoms with Crippen molar-refractivity contribution < 1.29 is 4.79 Å². The first-order chi connectivity index (χ1) is 11.7. The summed E-state index contributed by atoms with van der Waals surface area (Å²) in [6.07, 6.45) is 3.62. The Morgan fingerprint density at radius 2 is 2.04 bits per heavy atom. The lowest BCUT2D eigenvalue weighted by Crippen LogP contribution is -2.26. The van der Waals surface area contributed by atoms with Gasteiger partial charge in [0.25, 0.3) is 5.56 Å². The normalized spacial score (nSPS) is 10.5. The Balaban J connectivity index is 1.68. The van der Waals surface area contributed by atoms with Gasteiger partial charge in [-0.3, -0.25) is 9.59 Å². The summed E-state index contributed by atoms with van der Waals surface area (Å²) in [5, 5.41) is 5.16. The average Bonchev–Trinajstić information content (AvgIpc) is 3.05. The first-order valence-electron chi connectivity index (χ1n) is 7.21. The fourth-order valence-corrected chi connectivity index (χ4v) is 3.27. The number of nitrogens with zero attached hydrogens (tertiary/aromatic N) is 2. The zero-order valence-electron chi connectivity index (χ0n) is 12.9. The zero-order valence-corrected chi connectivity index (χ0v) is 14.6. The largest absolute Gasteiger partial charge is 0.306 e. The van der Waals surface area contributed by atoms with Crippen LogP contribution in [0.4, 0.5) is 5.13 Å². The van der Waals surface area contributed by atoms with Crippen LogP contribution in [0.1, 0.15) is 0 Å². The number of hydrogen-bond acceptors (Lipinski definition) is 5. The number of amides is 1. The molecular weight excluding hydrogens is 342 g/mol. The molecule has 122 valence electrons. The molecule has 0 atom stereocenters. The molecule has 7 heteroatoms. The van der Waals surface area contributed by atoms with E-state index in [0.717, 1.165) is 11.3 Å². The Hall–Kier alpha value is -2.38. The molecule has 2 aromatic heterocycles. The minimum Gasteiger partial charge on any atom is -0.306 e. The quantitative estimate of drug-likeness (QED) is 0.712. The Morgan fingerprint density at radius 3 is 2.75 bits per heavy atom. The lowest BCUT2D eigenvalue weighted by atomic mass is 10.2. The van der Waals surface area contributed by atoms with E-state index in [1.54, 1.807) is 30.1 Å². The molecule has 0 aliphatic heterocycles. The van der Waals surface area contributed by atoms with Crippen molar-refractivity contribution in [2.75, 3.05) is 11.6 Å². The molecule has 0 spiro atoms. The molecule has 24 heavy (non-hydrogen) atoms. The molecule has 0 aliphatic carbocycles. The van der Waals surface area contributed by atoms with E-state index in [0.29, 0.717) is 5.13 Å². The molecular formula is C17H15N3O2S2. The maximum Gasteiger partial charge on any atom is 0.250 e. The second kappa shape index (κ2) is 7.46. The van der Waals surface area contributed by atoms with Gasteiger partial charge in [0.15, 0.2) is 5.13 Å². The number of hydrogen-bond donors (Lipinski definition) is 1. The second-order valence-electron chi connectivity index (χ2n) is 4.98. The van der Waals surface area contributed by atoms with Crippen LogP contribution in [0.5, 0.6) is 0 Å². The molecule has 1 aromatic carbocycles. The van der Waals surface area contributed by atoms with Gasteiger partial charge in [0.2, 0.25) is 5.91 Å². The Labute approximate surface area is 147 Å². The molecule has 0 unspecified atom stereocenters. The molecule has 0 aliphatic rings. The maximum atomic E-state index is 12.1. The smallest absolute Gasteiger partial charge is 0.250 e. The summed E-state index contributed by atoms with van der Waals surface area (Å²) in [6, 6.07) is 12.9. The van der Waals surface area contributed by atoms with Crippen LogP contribution in [0.3, 0.4) is 0 Å². The van der Waals surface area contributed by atoms with E-state index in [1.807, 2.05) is 35.9 Å². The zero-order chi connectivity index (χ0) is 16.9. The van der Waals surface area contributed by atoms with Gasteiger partial charge in [-0.15, -0.1) is 23.1 Å². The van der Waals surface area contributed by atoms with Gasteiger partial charge < -0.3 is 9.88 Å². The molecule has 2 heterocycles. The van der Waals surface area contributed by atoms with Crippen LogP contribution in [0.25, 0.3) is 11.3 Å². The van der Waals surface area contributed by atoms with Crippen LogP contribution in [-0.4, -0.2) is 21.7 Å². The van der Waals surface area contributed by atoms with Gasteiger partial charge in [-0.05, 0) is 24.5 Å². The van der Waals surface area contributed by atoms with Crippen LogP contribution >= 0.6 is 23.1 Å². The van der Waals surface area contributed by atoms with Crippen LogP contribution in [-0.2, 0) is 11.3 Å². The van der Waals surface area contributed by atoms with Gasteiger partial charge in [0.1, 0.15) is 6.54 Å². The Bertz CT molecular complexity index is 900. The number of rotatable bonds is 5. The predicted molar refractivity (Wildman–Crippen MR) is 98.7 cm³/mol. The predicted octanol–water partition coefficient (Wildman–Crippen LogP) is 3.33. The fourth-order valence-electron chi connectivity index (χ4n) is 2.13. The molecule has 5 nitrogen and oxygen atoms in total. The van der Waals surface area contributed by atoms with Gasteiger partial charge >= 0.3 is 0 Å². The van der Waals surface area contributed by atoms with Crippen molar-refractivity contribution in [3.63, 3.8) is 0 Å². The molecule has 1 N–H and O–H groups in total. The molecule has 3 rings (SSSR count). The number of benzene rings is 1. The number of aromatic nitrogens is 2. The molecule has 0 fully saturated rings. The number of nitrogens with one attached hydrogen (secondary N) is 1. The molecule has 0 saturated carbocycles. The van der Waals surface area contributed by atoms with Gasteiger partial charge in [-0.2, -0.15) is 0 Å². The van der Waals surface area contributed by atoms with E-state index in [9.17, 15) is 9.59 Å². The third-order valence-electron chi connectivity index (χ3n) is 3.35. The summed E-state index contributed by atoms with van der Waals surface area (Å²) < 4.78 is 1.35. The maximum absolute atomic E-state index is 12.1. The van der Waals surface area contributed by atoms with Crippen molar-refractivity contribution in [3.05, 3.63) is 64.4 Å². The summed E-state index contributed by atoms with van der Waals surface area (Å²) in [7, 11) is 0. The van der Waals surface area contributed by atoms with Crippen LogP contribution < -0.4 is 10.9 Å². The summed E-state index contributed by atoms with van der Waals surface area (Å²) in [4.78, 5) is 29.3. The monoisotopic (exact) mass is 357 g/mol. The topological polar surface area (TPSA) is 64.0 Å². The average molecular weight is 357 g/mol. The highest BCUT2D eigenvalue weighted by atomic mass is 32.2. The van der Waals surface area contributed by atoms with E-state index in [4.69, 9.17) is 0 Å². The SMILES string of the molecule is CSc1ccc(-c2csc(NC(=O)Cn3ccccc3=O)n2)cc1. The van der Waals surface area contributed by atoms with E-state index >= 15 is 0 Å². The number of thioether (sulfide) groups is 1. The highest BCUT2D eigenvalue weighted by Crippen LogP contribution is 2.26. The van der Waals surface area contributed by atoms with Crippen molar-refractivity contribution >= 4 is 34.1 Å². The highest BCUT2D eigenvalue weighted by Gasteiger charge is 2.09. The van der Waals surface area contributed by atoms with Crippen molar-refractivity contribution in [2.24, 2.45) is 0 Å². The molecule has 0 radical (unpaired) electrons. The van der Waals surface area contributed by atoms with Crippen LogP contribution in [0.2, 0.25) is 0 Å². The number of carbonyl (C=O) groups is 1. The summed E-state index contributed by atoms with van der Waals surface area (Å²) in [6.45, 7) is -0.0307. The standard InChI is InChI=1S/C17H15N3O2S2/c1-23-13-7-5-12(6-8-13)14-11-24-17(18-14)19-15(21)10-20-9-3-2-4-16(20)22/h2-9,11H,10H2,1H3,(H,18,19,21). The summed E-state index contributed by atoms with van der Waals surface area (Å²) >= 11 is 3.05. The van der Waals surface area contributed by atoms with Gasteiger partial charge in [-0.1, -0.05) is 18.2 Å². The third kappa shape index (κ3) is 3.93. The first-order valence-corrected chi connectivity index (χ1v) is 9.31. The minimum absolute atomic E-state index is 0.0307. The lowest BCUT2D eigenvalue weighted by molar-refractivity contribution is -0.116. The Morgan fingerprint density at radius 1 is 1.25 bits per heavy atom. The van der Waals surface area contributed by atoms with E-state index < -0.39 is 0 Å². The lowest BCUT2D eigenvalue weighted by Gasteiger charge is -2.04. The second-order valence-corrected chi connectivity index (χ2v) is 6.72. The van der Waals surface area contributed by atoms with Gasteiger partial charge in [0, 0.05) is 28.1 Å². The number of pyridine rings is 1. The fraction of sp³-hybridized carbons (Fsp3) is 0.118. The van der Waals surface area contributed by atoms with Gasteiger partial charge in [0.05, 0.1) is 5.69 Å². The van der Waals surface area contributed by atoms with E-state index in [2.05, 4.69) is 10.3 Å². The number of anilines is 1. The van der Waals surface area contributed by atoms with Crippen molar-refractivity contribution in [1.82, 2.24) is 9.55 Å². The first kappa shape index (κ1) is 16.5. The van der Waals surface area contributed by atoms with Crippen molar-refractivity contribution in [1.29, 1.82) is 0 Å². The van der Waals surface area contributed by atoms with E-state index in [1.165, 1.54) is 26.9 Å². The van der Waals surface area contributed by atoms with Crippen LogP contribution in [0, 0.1) is 0 Å². The van der Waals surface area contributed by atoms with E-state index in [-0.39, 0.29) is 18.0 Å². The Kier molecular flexibility index (Phi) is 5.12. The van der Waals surface area contributed by atoms with Gasteiger partial charge in [-0.25, -0.2) is 4.98 Å². The third-order valence-corrected chi connectivity index (χ3v) is 4.85. The summed E-state index contributed by atoms with van der Waals surface area (Å²) in [5.74, 6) is -0.276. The summed E-state index contributed by atoms with van der Waals surface area (Å²) in [5.41, 5.74) is 1.62. The molecule has 3 aromatic rings. The van der Waals surface area contributed by atoms with Crippen molar-refractivity contribution in [3.8, 4) is 11.3 Å². The molecule has 0 saturated heterocycles. The number of thiazole rings is 1. The van der Waals surface area contributed by atoms with Crippen molar-refractivity contribution in [2.45, 2.75) is 11.4 Å². The molecule has 0 bridgehead atoms. The minimum atomic E-state index is -0.276. The highest BCUT2D eigenvalue weighted by molar-refractivity contribution is 7.98.